The highest BCUT2D eigenvalue weighted by molar-refractivity contribution is 6.20. The first-order valence-electron chi connectivity index (χ1n) is 11.1. The van der Waals surface area contributed by atoms with Gasteiger partial charge in [0.15, 0.2) is 22.9 Å². The molecule has 2 heterocycles. The number of ether oxygens (including phenoxy) is 2. The first-order chi connectivity index (χ1) is 17.4. The van der Waals surface area contributed by atoms with Crippen molar-refractivity contribution >= 4 is 34.3 Å². The number of benzene rings is 3. The summed E-state index contributed by atoms with van der Waals surface area (Å²) in [5, 5.41) is 11.6. The SMILES string of the molecule is COC(=O)c1ccc(N2C(=O)C(O)=C(C(=O)c3cc4cccc(OC)c4o3)C2c2ccccc2)cc1. The third-order valence-corrected chi connectivity index (χ3v) is 6.09. The summed E-state index contributed by atoms with van der Waals surface area (Å²) >= 11 is 0. The second-order valence-electron chi connectivity index (χ2n) is 8.11. The first kappa shape index (κ1) is 22.9. The van der Waals surface area contributed by atoms with E-state index in [9.17, 15) is 19.5 Å². The van der Waals surface area contributed by atoms with Crippen LogP contribution in [-0.2, 0) is 9.53 Å². The molecule has 180 valence electrons. The number of furan rings is 1. The second kappa shape index (κ2) is 9.07. The van der Waals surface area contributed by atoms with Crippen LogP contribution in [0.15, 0.2) is 94.6 Å². The van der Waals surface area contributed by atoms with Crippen molar-refractivity contribution in [2.45, 2.75) is 6.04 Å². The lowest BCUT2D eigenvalue weighted by atomic mass is 9.94. The van der Waals surface area contributed by atoms with Gasteiger partial charge in [-0.05, 0) is 42.0 Å². The Balaban J connectivity index is 1.61. The third-order valence-electron chi connectivity index (χ3n) is 6.09. The zero-order valence-corrected chi connectivity index (χ0v) is 19.4. The van der Waals surface area contributed by atoms with E-state index in [4.69, 9.17) is 13.9 Å². The van der Waals surface area contributed by atoms with E-state index >= 15 is 0 Å². The summed E-state index contributed by atoms with van der Waals surface area (Å²) in [6, 6.07) is 20.9. The van der Waals surface area contributed by atoms with Gasteiger partial charge in [-0.25, -0.2) is 4.79 Å². The molecule has 5 rings (SSSR count). The van der Waals surface area contributed by atoms with Crippen LogP contribution in [0.2, 0.25) is 0 Å². The molecule has 3 aromatic carbocycles. The van der Waals surface area contributed by atoms with Crippen LogP contribution >= 0.6 is 0 Å². The number of carbonyl (C=O) groups is 3. The molecule has 8 heteroatoms. The lowest BCUT2D eigenvalue weighted by Crippen LogP contribution is -2.31. The topological polar surface area (TPSA) is 106 Å². The smallest absolute Gasteiger partial charge is 0.337 e. The third kappa shape index (κ3) is 3.69. The minimum Gasteiger partial charge on any atom is -0.503 e. The van der Waals surface area contributed by atoms with E-state index in [1.807, 2.05) is 6.07 Å². The Morgan fingerprint density at radius 2 is 1.67 bits per heavy atom. The normalized spacial score (nSPS) is 15.4. The molecule has 0 saturated heterocycles. The molecule has 1 unspecified atom stereocenters. The quantitative estimate of drug-likeness (QED) is 0.303. The maximum atomic E-state index is 13.7. The summed E-state index contributed by atoms with van der Waals surface area (Å²) in [6.45, 7) is 0. The number of ketones is 1. The van der Waals surface area contributed by atoms with E-state index in [-0.39, 0.29) is 11.3 Å². The Kier molecular flexibility index (Phi) is 5.77. The number of aliphatic hydroxyl groups is 1. The molecule has 0 bridgehead atoms. The van der Waals surface area contributed by atoms with E-state index in [1.165, 1.54) is 31.3 Å². The van der Waals surface area contributed by atoms with E-state index < -0.39 is 29.5 Å². The summed E-state index contributed by atoms with van der Waals surface area (Å²) in [5.74, 6) is -2.13. The van der Waals surface area contributed by atoms with Crippen molar-refractivity contribution in [3.8, 4) is 5.75 Å². The largest absolute Gasteiger partial charge is 0.503 e. The highest BCUT2D eigenvalue weighted by Crippen LogP contribution is 2.42. The molecule has 4 aromatic rings. The standard InChI is InChI=1S/C28H21NO7/c1-34-20-10-6-9-18-15-21(36-26(18)20)24(30)22-23(16-7-4-3-5-8-16)29(27(32)25(22)31)19-13-11-17(12-14-19)28(33)35-2/h3-15,23,31H,1-2H3. The number of hydrogen-bond donors (Lipinski definition) is 1. The van der Waals surface area contributed by atoms with Crippen LogP contribution in [0, 0.1) is 0 Å². The molecule has 36 heavy (non-hydrogen) atoms. The van der Waals surface area contributed by atoms with Crippen molar-refractivity contribution < 1.29 is 33.4 Å². The maximum Gasteiger partial charge on any atom is 0.337 e. The molecule has 1 amide bonds. The van der Waals surface area contributed by atoms with Crippen LogP contribution < -0.4 is 9.64 Å². The summed E-state index contributed by atoms with van der Waals surface area (Å²) < 4.78 is 15.9. The van der Waals surface area contributed by atoms with Crippen molar-refractivity contribution in [2.75, 3.05) is 19.1 Å². The van der Waals surface area contributed by atoms with Gasteiger partial charge >= 0.3 is 5.97 Å². The average Bonchev–Trinajstić information content (AvgIpc) is 3.47. The number of nitrogens with zero attached hydrogens (tertiary/aromatic N) is 1. The van der Waals surface area contributed by atoms with Crippen molar-refractivity contribution in [1.82, 2.24) is 0 Å². The molecule has 1 aliphatic heterocycles. The van der Waals surface area contributed by atoms with Gasteiger partial charge in [-0.15, -0.1) is 0 Å². The van der Waals surface area contributed by atoms with Gasteiger partial charge in [0.25, 0.3) is 5.91 Å². The molecule has 0 spiro atoms. The number of fused-ring (bicyclic) bond motifs is 1. The number of hydrogen-bond acceptors (Lipinski definition) is 7. The highest BCUT2D eigenvalue weighted by Gasteiger charge is 2.45. The Labute approximate surface area is 206 Å². The molecule has 0 aliphatic carbocycles. The van der Waals surface area contributed by atoms with Gasteiger partial charge in [-0.2, -0.15) is 0 Å². The molecular formula is C28H21NO7. The average molecular weight is 483 g/mol. The van der Waals surface area contributed by atoms with Gasteiger partial charge in [0.2, 0.25) is 5.78 Å². The number of Topliss-reactive ketones (excluding diaryl/α,β-unsaturated/α-hetero) is 1. The molecule has 1 N–H and O–H groups in total. The van der Waals surface area contributed by atoms with E-state index in [2.05, 4.69) is 0 Å². The molecule has 8 nitrogen and oxygen atoms in total. The summed E-state index contributed by atoms with van der Waals surface area (Å²) in [7, 11) is 2.77. The fourth-order valence-electron chi connectivity index (χ4n) is 4.37. The Bertz CT molecular complexity index is 1520. The lowest BCUT2D eigenvalue weighted by molar-refractivity contribution is -0.117. The number of para-hydroxylation sites is 1. The predicted octanol–water partition coefficient (Wildman–Crippen LogP) is 5.01. The van der Waals surface area contributed by atoms with Crippen molar-refractivity contribution in [3.05, 3.63) is 107 Å². The zero-order chi connectivity index (χ0) is 25.4. The van der Waals surface area contributed by atoms with Gasteiger partial charge in [0.1, 0.15) is 0 Å². The molecule has 0 radical (unpaired) electrons. The fourth-order valence-corrected chi connectivity index (χ4v) is 4.37. The van der Waals surface area contributed by atoms with E-state index in [1.54, 1.807) is 60.7 Å². The number of aliphatic hydroxyl groups excluding tert-OH is 1. The summed E-state index contributed by atoms with van der Waals surface area (Å²) in [5.41, 5.74) is 1.58. The van der Waals surface area contributed by atoms with Crippen LogP contribution in [0.4, 0.5) is 5.69 Å². The minimum absolute atomic E-state index is 0.0346. The maximum absolute atomic E-state index is 13.7. The number of anilines is 1. The predicted molar refractivity (Wildman–Crippen MR) is 131 cm³/mol. The molecule has 1 aliphatic rings. The number of carbonyl (C=O) groups excluding carboxylic acids is 3. The lowest BCUT2D eigenvalue weighted by Gasteiger charge is -2.26. The molecule has 0 saturated carbocycles. The highest BCUT2D eigenvalue weighted by atomic mass is 16.5. The fraction of sp³-hybridized carbons (Fsp3) is 0.107. The van der Waals surface area contributed by atoms with Gasteiger partial charge < -0.3 is 19.0 Å². The summed E-state index contributed by atoms with van der Waals surface area (Å²) in [4.78, 5) is 40.2. The number of esters is 1. The van der Waals surface area contributed by atoms with Gasteiger partial charge in [0, 0.05) is 11.1 Å². The zero-order valence-electron chi connectivity index (χ0n) is 19.4. The second-order valence-corrected chi connectivity index (χ2v) is 8.11. The van der Waals surface area contributed by atoms with Crippen LogP contribution in [0.3, 0.4) is 0 Å². The Morgan fingerprint density at radius 1 is 0.944 bits per heavy atom. The van der Waals surface area contributed by atoms with Crippen molar-refractivity contribution in [2.24, 2.45) is 0 Å². The molecule has 1 aromatic heterocycles. The molecular weight excluding hydrogens is 462 g/mol. The number of methoxy groups -OCH3 is 2. The minimum atomic E-state index is -0.926. The van der Waals surface area contributed by atoms with Crippen molar-refractivity contribution in [1.29, 1.82) is 0 Å². The van der Waals surface area contributed by atoms with E-state index in [0.717, 1.165) is 0 Å². The van der Waals surface area contributed by atoms with Crippen LogP contribution in [0.5, 0.6) is 5.75 Å². The Hall–Kier alpha value is -4.85. The van der Waals surface area contributed by atoms with Gasteiger partial charge in [-0.1, -0.05) is 42.5 Å². The molecule has 1 atom stereocenters. The van der Waals surface area contributed by atoms with Crippen LogP contribution in [0.1, 0.15) is 32.5 Å². The van der Waals surface area contributed by atoms with Crippen LogP contribution in [-0.4, -0.2) is 37.0 Å². The Morgan fingerprint density at radius 3 is 2.33 bits per heavy atom. The number of rotatable bonds is 6. The summed E-state index contributed by atoms with van der Waals surface area (Å²) in [6.07, 6.45) is 0. The molecule has 0 fully saturated rings. The van der Waals surface area contributed by atoms with Gasteiger partial charge in [0.05, 0.1) is 31.4 Å². The van der Waals surface area contributed by atoms with E-state index in [0.29, 0.717) is 33.5 Å². The van der Waals surface area contributed by atoms with Crippen LogP contribution in [0.25, 0.3) is 11.0 Å². The van der Waals surface area contributed by atoms with Gasteiger partial charge in [-0.3, -0.25) is 14.5 Å². The number of amides is 1. The first-order valence-corrected chi connectivity index (χ1v) is 11.1. The van der Waals surface area contributed by atoms with Crippen molar-refractivity contribution in [3.63, 3.8) is 0 Å². The monoisotopic (exact) mass is 483 g/mol.